The van der Waals surface area contributed by atoms with Gasteiger partial charge in [-0.05, 0) is 102 Å². The first-order chi connectivity index (χ1) is 16.8. The number of fused-ring (bicyclic) bond motifs is 5. The monoisotopic (exact) mass is 448 g/mol. The molecule has 34 heavy (non-hydrogen) atoms. The SMILES string of the molecule is C1=C(c2ccc3c(c2)OCCO3)CC2c3ccccc3CC3(CCC(c4ccccc4)CC3)C12. The van der Waals surface area contributed by atoms with Crippen LogP contribution in [-0.2, 0) is 6.42 Å². The summed E-state index contributed by atoms with van der Waals surface area (Å²) in [6.45, 7) is 1.28. The maximum atomic E-state index is 5.91. The predicted octanol–water partition coefficient (Wildman–Crippen LogP) is 7.55. The Kier molecular flexibility index (Phi) is 4.82. The third kappa shape index (κ3) is 3.30. The first-order valence-corrected chi connectivity index (χ1v) is 13.0. The molecule has 1 aliphatic heterocycles. The zero-order valence-corrected chi connectivity index (χ0v) is 19.7. The van der Waals surface area contributed by atoms with Crippen molar-refractivity contribution in [1.29, 1.82) is 0 Å². The lowest BCUT2D eigenvalue weighted by Gasteiger charge is -2.50. The molecule has 2 atom stereocenters. The highest BCUT2D eigenvalue weighted by atomic mass is 16.6. The van der Waals surface area contributed by atoms with E-state index in [0.29, 0.717) is 36.4 Å². The second kappa shape index (κ2) is 8.05. The van der Waals surface area contributed by atoms with E-state index in [-0.39, 0.29) is 0 Å². The van der Waals surface area contributed by atoms with Crippen LogP contribution in [0.25, 0.3) is 5.57 Å². The molecule has 3 aromatic carbocycles. The first kappa shape index (κ1) is 20.4. The molecule has 4 aliphatic rings. The van der Waals surface area contributed by atoms with Crippen molar-refractivity contribution in [2.24, 2.45) is 11.3 Å². The third-order valence-electron chi connectivity index (χ3n) is 9.12. The van der Waals surface area contributed by atoms with Crippen molar-refractivity contribution in [3.8, 4) is 11.5 Å². The van der Waals surface area contributed by atoms with E-state index < -0.39 is 0 Å². The van der Waals surface area contributed by atoms with Gasteiger partial charge >= 0.3 is 0 Å². The van der Waals surface area contributed by atoms with Crippen molar-refractivity contribution in [3.63, 3.8) is 0 Å². The van der Waals surface area contributed by atoms with Crippen molar-refractivity contribution >= 4 is 5.57 Å². The Labute approximate surface area is 202 Å². The average molecular weight is 449 g/mol. The summed E-state index contributed by atoms with van der Waals surface area (Å²) in [5, 5.41) is 0. The summed E-state index contributed by atoms with van der Waals surface area (Å²) in [6.07, 6.45) is 10.3. The molecule has 1 fully saturated rings. The number of ether oxygens (including phenoxy) is 2. The second-order valence-electron chi connectivity index (χ2n) is 10.8. The molecule has 2 nitrogen and oxygen atoms in total. The van der Waals surface area contributed by atoms with Crippen LogP contribution in [0.4, 0.5) is 0 Å². The highest BCUT2D eigenvalue weighted by Gasteiger charge is 2.50. The second-order valence-corrected chi connectivity index (χ2v) is 10.8. The normalized spacial score (nSPS) is 29.3. The predicted molar refractivity (Wildman–Crippen MR) is 136 cm³/mol. The van der Waals surface area contributed by atoms with Crippen molar-refractivity contribution in [3.05, 3.63) is 101 Å². The maximum Gasteiger partial charge on any atom is 0.161 e. The summed E-state index contributed by atoms with van der Waals surface area (Å²) in [7, 11) is 0. The number of allylic oxidation sites excluding steroid dienone is 2. The largest absolute Gasteiger partial charge is 0.486 e. The van der Waals surface area contributed by atoms with E-state index in [9.17, 15) is 0 Å². The van der Waals surface area contributed by atoms with Crippen LogP contribution in [-0.4, -0.2) is 13.2 Å². The first-order valence-electron chi connectivity index (χ1n) is 13.0. The summed E-state index contributed by atoms with van der Waals surface area (Å²) >= 11 is 0. The summed E-state index contributed by atoms with van der Waals surface area (Å²) in [5.41, 5.74) is 7.91. The molecule has 7 rings (SSSR count). The van der Waals surface area contributed by atoms with Gasteiger partial charge in [-0.3, -0.25) is 0 Å². The van der Waals surface area contributed by atoms with Gasteiger partial charge in [0.25, 0.3) is 0 Å². The number of hydrogen-bond donors (Lipinski definition) is 0. The molecule has 1 heterocycles. The summed E-state index contributed by atoms with van der Waals surface area (Å²) in [5.74, 6) is 3.72. The Bertz CT molecular complexity index is 1230. The zero-order chi connectivity index (χ0) is 22.5. The van der Waals surface area contributed by atoms with E-state index in [1.54, 1.807) is 11.1 Å². The highest BCUT2D eigenvalue weighted by molar-refractivity contribution is 5.72. The molecular formula is C32H32O2. The van der Waals surface area contributed by atoms with E-state index in [0.717, 1.165) is 17.9 Å². The Morgan fingerprint density at radius 1 is 0.765 bits per heavy atom. The molecule has 0 aromatic heterocycles. The fourth-order valence-electron chi connectivity index (χ4n) is 7.44. The van der Waals surface area contributed by atoms with Gasteiger partial charge in [-0.2, -0.15) is 0 Å². The minimum Gasteiger partial charge on any atom is -0.486 e. The molecule has 2 unspecified atom stereocenters. The summed E-state index contributed by atoms with van der Waals surface area (Å²) < 4.78 is 11.7. The Balaban J connectivity index is 1.23. The molecule has 0 radical (unpaired) electrons. The van der Waals surface area contributed by atoms with E-state index in [4.69, 9.17) is 9.47 Å². The Morgan fingerprint density at radius 2 is 1.53 bits per heavy atom. The average Bonchev–Trinajstić information content (AvgIpc) is 3.37. The quantitative estimate of drug-likeness (QED) is 0.403. The molecule has 0 saturated heterocycles. The van der Waals surface area contributed by atoms with E-state index in [1.165, 1.54) is 48.8 Å². The van der Waals surface area contributed by atoms with Crippen molar-refractivity contribution < 1.29 is 9.47 Å². The fraction of sp³-hybridized carbons (Fsp3) is 0.375. The molecule has 0 bridgehead atoms. The topological polar surface area (TPSA) is 18.5 Å². The highest BCUT2D eigenvalue weighted by Crippen LogP contribution is 2.61. The molecule has 1 saturated carbocycles. The van der Waals surface area contributed by atoms with E-state index in [2.05, 4.69) is 78.9 Å². The van der Waals surface area contributed by atoms with Crippen LogP contribution in [0.2, 0.25) is 0 Å². The molecule has 0 N–H and O–H groups in total. The van der Waals surface area contributed by atoms with Crippen LogP contribution < -0.4 is 9.47 Å². The minimum absolute atomic E-state index is 0.389. The van der Waals surface area contributed by atoms with Crippen LogP contribution in [0, 0.1) is 11.3 Å². The Hall–Kier alpha value is -3.00. The molecule has 172 valence electrons. The summed E-state index contributed by atoms with van der Waals surface area (Å²) in [6, 6.07) is 27.0. The van der Waals surface area contributed by atoms with Crippen LogP contribution in [0.1, 0.15) is 66.2 Å². The molecule has 1 spiro atoms. The number of rotatable bonds is 2. The smallest absolute Gasteiger partial charge is 0.161 e. The molecule has 0 amide bonds. The summed E-state index contributed by atoms with van der Waals surface area (Å²) in [4.78, 5) is 0. The van der Waals surface area contributed by atoms with Gasteiger partial charge in [0.2, 0.25) is 0 Å². The standard InChI is InChI=1S/C32H32O2/c1-2-6-22(7-3-1)23-12-14-32(15-13-23)21-25-8-4-5-9-27(25)28-18-26(19-29(28)32)24-10-11-30-31(20-24)34-17-16-33-30/h1-11,19-20,23,28-29H,12-18,21H2. The maximum absolute atomic E-state index is 5.91. The van der Waals surface area contributed by atoms with Gasteiger partial charge in [0.1, 0.15) is 13.2 Å². The lowest BCUT2D eigenvalue weighted by molar-refractivity contribution is 0.0906. The van der Waals surface area contributed by atoms with Crippen LogP contribution in [0.3, 0.4) is 0 Å². The lowest BCUT2D eigenvalue weighted by atomic mass is 9.54. The van der Waals surface area contributed by atoms with Gasteiger partial charge in [-0.15, -0.1) is 0 Å². The van der Waals surface area contributed by atoms with Crippen molar-refractivity contribution in [2.75, 3.05) is 13.2 Å². The van der Waals surface area contributed by atoms with Crippen molar-refractivity contribution in [2.45, 2.75) is 50.4 Å². The number of hydrogen-bond acceptors (Lipinski definition) is 2. The Morgan fingerprint density at radius 3 is 2.38 bits per heavy atom. The third-order valence-corrected chi connectivity index (χ3v) is 9.12. The van der Waals surface area contributed by atoms with Gasteiger partial charge in [-0.25, -0.2) is 0 Å². The van der Waals surface area contributed by atoms with Crippen LogP contribution >= 0.6 is 0 Å². The van der Waals surface area contributed by atoms with Gasteiger partial charge in [0.15, 0.2) is 11.5 Å². The van der Waals surface area contributed by atoms with Crippen LogP contribution in [0.5, 0.6) is 11.5 Å². The lowest BCUT2D eigenvalue weighted by Crippen LogP contribution is -2.41. The van der Waals surface area contributed by atoms with Gasteiger partial charge in [0, 0.05) is 0 Å². The minimum atomic E-state index is 0.389. The molecule has 3 aliphatic carbocycles. The van der Waals surface area contributed by atoms with E-state index >= 15 is 0 Å². The molecular weight excluding hydrogens is 416 g/mol. The van der Waals surface area contributed by atoms with Gasteiger partial charge in [-0.1, -0.05) is 66.7 Å². The van der Waals surface area contributed by atoms with Gasteiger partial charge in [0.05, 0.1) is 0 Å². The fourth-order valence-corrected chi connectivity index (χ4v) is 7.44. The molecule has 3 aromatic rings. The van der Waals surface area contributed by atoms with Crippen LogP contribution in [0.15, 0.2) is 78.9 Å². The zero-order valence-electron chi connectivity index (χ0n) is 19.7. The van der Waals surface area contributed by atoms with E-state index in [1.807, 2.05) is 0 Å². The van der Waals surface area contributed by atoms with Gasteiger partial charge < -0.3 is 9.47 Å². The number of benzene rings is 3. The molecule has 2 heteroatoms. The van der Waals surface area contributed by atoms with Crippen molar-refractivity contribution in [1.82, 2.24) is 0 Å².